The van der Waals surface area contributed by atoms with Crippen LogP contribution in [0.25, 0.3) is 0 Å². The fraction of sp³-hybridized carbons (Fsp3) is 0.222. The molecular formula is C9H7F5O2. The summed E-state index contributed by atoms with van der Waals surface area (Å²) in [6.45, 7) is 1.60. The molecule has 16 heavy (non-hydrogen) atoms. The smallest absolute Gasteiger partial charge is 0.303 e. The maximum atomic E-state index is 12.0. The van der Waals surface area contributed by atoms with Gasteiger partial charge in [-0.3, -0.25) is 4.79 Å². The van der Waals surface area contributed by atoms with Crippen LogP contribution in [-0.2, 0) is 4.79 Å². The van der Waals surface area contributed by atoms with E-state index in [2.05, 4.69) is 0 Å². The lowest BCUT2D eigenvalue weighted by atomic mass is 10.3. The van der Waals surface area contributed by atoms with Crippen LogP contribution in [0.2, 0.25) is 0 Å². The molecule has 0 saturated heterocycles. The van der Waals surface area contributed by atoms with Crippen LogP contribution < -0.4 is 0 Å². The van der Waals surface area contributed by atoms with Crippen molar-refractivity contribution in [2.45, 2.75) is 13.3 Å². The zero-order valence-electron chi connectivity index (χ0n) is 8.03. The van der Waals surface area contributed by atoms with Gasteiger partial charge < -0.3 is 5.11 Å². The van der Waals surface area contributed by atoms with E-state index in [-0.39, 0.29) is 12.5 Å². The molecular weight excluding hydrogens is 235 g/mol. The second kappa shape index (κ2) is 6.04. The highest BCUT2D eigenvalue weighted by atomic mass is 19.2. The van der Waals surface area contributed by atoms with Crippen molar-refractivity contribution in [2.75, 3.05) is 0 Å². The van der Waals surface area contributed by atoms with Gasteiger partial charge in [0.1, 0.15) is 0 Å². The number of rotatable bonds is 1. The topological polar surface area (TPSA) is 37.3 Å². The number of hydrogen-bond donors (Lipinski definition) is 1. The molecule has 0 bridgehead atoms. The molecule has 7 heteroatoms. The van der Waals surface area contributed by atoms with Crippen molar-refractivity contribution in [3.8, 4) is 0 Å². The molecule has 0 radical (unpaired) electrons. The normalized spacial score (nSPS) is 9.38. The van der Waals surface area contributed by atoms with Gasteiger partial charge in [-0.15, -0.1) is 0 Å². The second-order valence-corrected chi connectivity index (χ2v) is 2.53. The molecule has 0 aliphatic heterocycles. The fourth-order valence-electron chi connectivity index (χ4n) is 0.544. The van der Waals surface area contributed by atoms with Crippen molar-refractivity contribution < 1.29 is 31.9 Å². The summed E-state index contributed by atoms with van der Waals surface area (Å²) >= 11 is 0. The maximum Gasteiger partial charge on any atom is 0.303 e. The second-order valence-electron chi connectivity index (χ2n) is 2.53. The molecule has 90 valence electrons. The Balaban J connectivity index is 0.000000385. The number of halogens is 5. The first kappa shape index (κ1) is 14.3. The third-order valence-corrected chi connectivity index (χ3v) is 1.36. The first-order valence-electron chi connectivity index (χ1n) is 4.01. The Kier molecular flexibility index (Phi) is 5.41. The Labute approximate surface area is 87.3 Å². The van der Waals surface area contributed by atoms with E-state index in [1.807, 2.05) is 0 Å². The van der Waals surface area contributed by atoms with E-state index in [0.717, 1.165) is 0 Å². The number of benzene rings is 1. The average Bonchev–Trinajstić information content (AvgIpc) is 2.24. The largest absolute Gasteiger partial charge is 0.481 e. The maximum absolute atomic E-state index is 12.0. The standard InChI is InChI=1S/C6HF5.C3H6O2/c7-2-1-3(8)5(10)6(11)4(2)9;1-2-3(4)5/h1H;2H2,1H3,(H,4,5). The van der Waals surface area contributed by atoms with Gasteiger partial charge in [0.15, 0.2) is 23.3 Å². The molecule has 2 nitrogen and oxygen atoms in total. The van der Waals surface area contributed by atoms with Crippen LogP contribution in [0.15, 0.2) is 6.07 Å². The summed E-state index contributed by atoms with van der Waals surface area (Å²) in [6, 6.07) is -0.0618. The van der Waals surface area contributed by atoms with E-state index in [9.17, 15) is 26.7 Å². The summed E-state index contributed by atoms with van der Waals surface area (Å²) in [5.41, 5.74) is 0. The zero-order valence-corrected chi connectivity index (χ0v) is 8.03. The molecule has 0 saturated carbocycles. The van der Waals surface area contributed by atoms with Crippen LogP contribution in [0.4, 0.5) is 22.0 Å². The summed E-state index contributed by atoms with van der Waals surface area (Å²) in [5.74, 6) is -10.4. The predicted octanol–water partition coefficient (Wildman–Crippen LogP) is 2.86. The van der Waals surface area contributed by atoms with E-state index in [1.54, 1.807) is 6.92 Å². The first-order valence-corrected chi connectivity index (χ1v) is 4.01. The third kappa shape index (κ3) is 3.84. The van der Waals surface area contributed by atoms with Gasteiger partial charge >= 0.3 is 5.97 Å². The molecule has 1 N–H and O–H groups in total. The molecule has 0 unspecified atom stereocenters. The molecule has 0 aromatic heterocycles. The summed E-state index contributed by atoms with van der Waals surface area (Å²) in [6.07, 6.45) is 0.222. The highest BCUT2D eigenvalue weighted by molar-refractivity contribution is 5.66. The lowest BCUT2D eigenvalue weighted by molar-refractivity contribution is -0.136. The number of carboxylic acids is 1. The molecule has 1 aromatic carbocycles. The highest BCUT2D eigenvalue weighted by Crippen LogP contribution is 2.16. The summed E-state index contributed by atoms with van der Waals surface area (Å²) < 4.78 is 60.0. The minimum Gasteiger partial charge on any atom is -0.481 e. The first-order chi connectivity index (χ1) is 7.31. The van der Waals surface area contributed by atoms with Crippen molar-refractivity contribution in [1.29, 1.82) is 0 Å². The van der Waals surface area contributed by atoms with E-state index in [1.165, 1.54) is 0 Å². The van der Waals surface area contributed by atoms with Crippen molar-refractivity contribution in [3.05, 3.63) is 35.2 Å². The molecule has 0 atom stereocenters. The lowest BCUT2D eigenvalue weighted by Crippen LogP contribution is -1.98. The van der Waals surface area contributed by atoms with Gasteiger partial charge in [-0.05, 0) is 0 Å². The molecule has 1 rings (SSSR count). The van der Waals surface area contributed by atoms with Gasteiger partial charge in [-0.25, -0.2) is 22.0 Å². The quantitative estimate of drug-likeness (QED) is 0.467. The Morgan fingerprint density at radius 2 is 1.38 bits per heavy atom. The Bertz CT molecular complexity index is 366. The Morgan fingerprint density at radius 3 is 1.62 bits per heavy atom. The van der Waals surface area contributed by atoms with Gasteiger partial charge in [-0.1, -0.05) is 6.92 Å². The van der Waals surface area contributed by atoms with Crippen molar-refractivity contribution in [1.82, 2.24) is 0 Å². The Morgan fingerprint density at radius 1 is 1.06 bits per heavy atom. The summed E-state index contributed by atoms with van der Waals surface area (Å²) in [4.78, 5) is 9.37. The van der Waals surface area contributed by atoms with Crippen molar-refractivity contribution in [2.24, 2.45) is 0 Å². The monoisotopic (exact) mass is 242 g/mol. The molecule has 0 fully saturated rings. The molecule has 0 aliphatic carbocycles. The van der Waals surface area contributed by atoms with Crippen LogP contribution in [0.5, 0.6) is 0 Å². The van der Waals surface area contributed by atoms with Crippen LogP contribution in [0.1, 0.15) is 13.3 Å². The van der Waals surface area contributed by atoms with Gasteiger partial charge in [0, 0.05) is 12.5 Å². The predicted molar refractivity (Wildman–Crippen MR) is 44.2 cm³/mol. The number of carboxylic acid groups (broad SMARTS) is 1. The molecule has 0 aliphatic rings. The summed E-state index contributed by atoms with van der Waals surface area (Å²) in [7, 11) is 0. The van der Waals surface area contributed by atoms with E-state index in [4.69, 9.17) is 5.11 Å². The summed E-state index contributed by atoms with van der Waals surface area (Å²) in [5, 5.41) is 7.72. The average molecular weight is 242 g/mol. The number of aliphatic carboxylic acids is 1. The van der Waals surface area contributed by atoms with E-state index >= 15 is 0 Å². The van der Waals surface area contributed by atoms with Crippen LogP contribution in [-0.4, -0.2) is 11.1 Å². The zero-order chi connectivity index (χ0) is 12.9. The van der Waals surface area contributed by atoms with Gasteiger partial charge in [0.2, 0.25) is 5.82 Å². The fourth-order valence-corrected chi connectivity index (χ4v) is 0.544. The molecule has 0 amide bonds. The highest BCUT2D eigenvalue weighted by Gasteiger charge is 2.18. The third-order valence-electron chi connectivity index (χ3n) is 1.36. The van der Waals surface area contributed by atoms with Gasteiger partial charge in [0.25, 0.3) is 0 Å². The molecule has 0 heterocycles. The Hall–Kier alpha value is -1.66. The SMILES string of the molecule is CCC(=O)O.Fc1cc(F)c(F)c(F)c1F. The molecule has 0 spiro atoms. The minimum atomic E-state index is -2.14. The molecule has 1 aromatic rings. The van der Waals surface area contributed by atoms with Gasteiger partial charge in [0.05, 0.1) is 0 Å². The van der Waals surface area contributed by atoms with E-state index < -0.39 is 35.1 Å². The van der Waals surface area contributed by atoms with Gasteiger partial charge in [-0.2, -0.15) is 0 Å². The minimum absolute atomic E-state index is 0.0618. The lowest BCUT2D eigenvalue weighted by Gasteiger charge is -1.96. The van der Waals surface area contributed by atoms with Crippen molar-refractivity contribution >= 4 is 5.97 Å². The van der Waals surface area contributed by atoms with Crippen LogP contribution in [0.3, 0.4) is 0 Å². The number of carbonyl (C=O) groups is 1. The van der Waals surface area contributed by atoms with E-state index in [0.29, 0.717) is 0 Å². The van der Waals surface area contributed by atoms with Crippen LogP contribution >= 0.6 is 0 Å². The van der Waals surface area contributed by atoms with Crippen molar-refractivity contribution in [3.63, 3.8) is 0 Å². The number of hydrogen-bond acceptors (Lipinski definition) is 1. The van der Waals surface area contributed by atoms with Crippen LogP contribution in [0, 0.1) is 29.1 Å².